The largest absolute Gasteiger partial charge is 0.628 e. The third-order valence-corrected chi connectivity index (χ3v) is 9.05. The van der Waals surface area contributed by atoms with Gasteiger partial charge in [0.2, 0.25) is 0 Å². The van der Waals surface area contributed by atoms with Crippen molar-refractivity contribution in [3.63, 3.8) is 0 Å². The van der Waals surface area contributed by atoms with Crippen LogP contribution in [0.25, 0.3) is 0 Å². The van der Waals surface area contributed by atoms with Crippen LogP contribution in [-0.4, -0.2) is 22.2 Å². The van der Waals surface area contributed by atoms with Crippen LogP contribution in [0, 0.1) is 20.8 Å². The first-order valence-corrected chi connectivity index (χ1v) is 17.1. The second-order valence-electron chi connectivity index (χ2n) is 17.4. The van der Waals surface area contributed by atoms with Crippen molar-refractivity contribution in [2.45, 2.75) is 111 Å². The Bertz CT molecular complexity index is 1420. The van der Waals surface area contributed by atoms with Gasteiger partial charge in [-0.1, -0.05) is 48.5 Å². The molecule has 4 N–H and O–H groups in total. The van der Waals surface area contributed by atoms with E-state index in [1.807, 2.05) is 180 Å². The van der Waals surface area contributed by atoms with E-state index in [1.165, 1.54) is 0 Å². The Morgan fingerprint density at radius 1 is 0.286 bits per heavy atom. The lowest BCUT2D eigenvalue weighted by molar-refractivity contribution is -0.832. The summed E-state index contributed by atoms with van der Waals surface area (Å²) in [4.78, 5) is 0. The predicted molar refractivity (Wildman–Crippen MR) is 200 cm³/mol. The molecule has 4 rings (SSSR count). The number of quaternary nitrogens is 4. The highest BCUT2D eigenvalue weighted by molar-refractivity contribution is 5.62. The summed E-state index contributed by atoms with van der Waals surface area (Å²) >= 11 is 0. The SMILES string of the molecule is CC(C)(C)[NH+]([O-])c1ccc(C(c2ccc([NH+]([O-])C(C)(C)C)cc2)(c2ccc([NH+]([O-])C(C)(C)C)cc2)c2ccc([NH+]([O-])C(C)(C)C)cc2)cc1. The average Bonchev–Trinajstić information content (AvgIpc) is 3.03. The zero-order valence-corrected chi connectivity index (χ0v) is 31.4. The zero-order chi connectivity index (χ0) is 36.7. The van der Waals surface area contributed by atoms with Gasteiger partial charge in [-0.3, -0.25) is 0 Å². The Labute approximate surface area is 293 Å². The van der Waals surface area contributed by atoms with Gasteiger partial charge in [0.05, 0.1) is 27.6 Å². The summed E-state index contributed by atoms with van der Waals surface area (Å²) in [5, 5.41) is 53.3. The number of benzene rings is 4. The van der Waals surface area contributed by atoms with Crippen molar-refractivity contribution < 1.29 is 20.3 Å². The van der Waals surface area contributed by atoms with E-state index in [1.54, 1.807) is 0 Å². The maximum absolute atomic E-state index is 13.3. The number of hydrogen-bond acceptors (Lipinski definition) is 4. The van der Waals surface area contributed by atoms with Crippen molar-refractivity contribution in [2.24, 2.45) is 0 Å². The fraction of sp³-hybridized carbons (Fsp3) is 0.415. The molecular formula is C41H56N4O4. The zero-order valence-electron chi connectivity index (χ0n) is 31.4. The summed E-state index contributed by atoms with van der Waals surface area (Å²) in [5.41, 5.74) is 2.98. The summed E-state index contributed by atoms with van der Waals surface area (Å²) in [7, 11) is 0. The van der Waals surface area contributed by atoms with E-state index < -0.39 is 27.6 Å². The molecule has 49 heavy (non-hydrogen) atoms. The van der Waals surface area contributed by atoms with Gasteiger partial charge in [-0.05, 0) is 154 Å². The molecule has 8 nitrogen and oxygen atoms in total. The van der Waals surface area contributed by atoms with Crippen LogP contribution in [-0.2, 0) is 5.41 Å². The van der Waals surface area contributed by atoms with E-state index in [4.69, 9.17) is 0 Å². The molecule has 0 aliphatic rings. The van der Waals surface area contributed by atoms with Gasteiger partial charge in [-0.2, -0.15) is 0 Å². The molecule has 0 radical (unpaired) electrons. The monoisotopic (exact) mass is 668 g/mol. The van der Waals surface area contributed by atoms with E-state index in [0.29, 0.717) is 22.7 Å². The van der Waals surface area contributed by atoms with E-state index in [0.717, 1.165) is 22.3 Å². The van der Waals surface area contributed by atoms with Gasteiger partial charge in [-0.15, -0.1) is 0 Å². The number of hydrogen-bond donors (Lipinski definition) is 4. The van der Waals surface area contributed by atoms with Crippen LogP contribution < -0.4 is 20.3 Å². The number of nitrogens with one attached hydrogen (secondary N) is 4. The van der Waals surface area contributed by atoms with Gasteiger partial charge < -0.3 is 41.1 Å². The maximum Gasteiger partial charge on any atom is 0.131 e. The molecule has 4 aromatic rings. The first kappa shape index (κ1) is 38.4. The quantitative estimate of drug-likeness (QED) is 0.151. The predicted octanol–water partition coefficient (Wildman–Crippen LogP) is 5.32. The Hall–Kier alpha value is -3.44. The normalized spacial score (nSPS) is 16.8. The van der Waals surface area contributed by atoms with Crippen LogP contribution in [0.1, 0.15) is 105 Å². The summed E-state index contributed by atoms with van der Waals surface area (Å²) in [5.74, 6) is 0. The van der Waals surface area contributed by atoms with E-state index in [9.17, 15) is 20.8 Å². The Morgan fingerprint density at radius 3 is 0.551 bits per heavy atom. The molecule has 4 aromatic carbocycles. The fourth-order valence-corrected chi connectivity index (χ4v) is 6.22. The molecule has 0 saturated carbocycles. The van der Waals surface area contributed by atoms with Crippen molar-refractivity contribution in [1.82, 2.24) is 0 Å². The molecule has 4 atom stereocenters. The highest BCUT2D eigenvalue weighted by Gasteiger charge is 2.40. The fourth-order valence-electron chi connectivity index (χ4n) is 6.22. The lowest BCUT2D eigenvalue weighted by Crippen LogP contribution is -3.10. The van der Waals surface area contributed by atoms with Crippen LogP contribution in [0.5, 0.6) is 0 Å². The van der Waals surface area contributed by atoms with Crippen molar-refractivity contribution in [1.29, 1.82) is 0 Å². The maximum atomic E-state index is 13.3. The van der Waals surface area contributed by atoms with E-state index in [2.05, 4.69) is 0 Å². The summed E-state index contributed by atoms with van der Waals surface area (Å²) in [6.07, 6.45) is 0. The van der Waals surface area contributed by atoms with Gasteiger partial charge in [0, 0.05) is 0 Å². The standard InChI is InChI=1S/C41H56N4O4/c1-37(2,3)42(46)33-21-13-29(14-22-33)41(30-15-23-34(24-16-30)43(47)38(4,5)6,31-17-25-35(26-18-31)44(48)39(7,8)9)32-19-27-36(28-20-32)45(49)40(10,11)12/h13-28,42-45H,1-12H3. The Kier molecular flexibility index (Phi) is 10.7. The molecule has 0 aliphatic heterocycles. The minimum Gasteiger partial charge on any atom is -0.628 e. The molecule has 0 aromatic heterocycles. The molecule has 4 unspecified atom stereocenters. The number of hydroxylamine groups is 4. The molecular weight excluding hydrogens is 612 g/mol. The number of rotatable bonds is 8. The Balaban J connectivity index is 2.05. The van der Waals surface area contributed by atoms with Crippen molar-refractivity contribution in [3.8, 4) is 0 Å². The summed E-state index contributed by atoms with van der Waals surface area (Å²) in [6.45, 7) is 22.9. The highest BCUT2D eigenvalue weighted by Crippen LogP contribution is 2.46. The topological polar surface area (TPSA) is 110 Å². The minimum absolute atomic E-state index is 0.0461. The Morgan fingerprint density at radius 2 is 0.429 bits per heavy atom. The molecule has 264 valence electrons. The van der Waals surface area contributed by atoms with Gasteiger partial charge in [0.25, 0.3) is 0 Å². The highest BCUT2D eigenvalue weighted by atomic mass is 16.5. The lowest BCUT2D eigenvalue weighted by atomic mass is 9.65. The summed E-state index contributed by atoms with van der Waals surface area (Å²) < 4.78 is 0. The average molecular weight is 669 g/mol. The van der Waals surface area contributed by atoms with Gasteiger partial charge in [0.1, 0.15) is 22.7 Å². The van der Waals surface area contributed by atoms with E-state index in [-0.39, 0.29) is 20.3 Å². The van der Waals surface area contributed by atoms with Crippen LogP contribution in [0.15, 0.2) is 97.1 Å². The summed E-state index contributed by atoms with van der Waals surface area (Å²) in [6, 6.07) is 31.0. The second-order valence-corrected chi connectivity index (χ2v) is 17.4. The smallest absolute Gasteiger partial charge is 0.131 e. The van der Waals surface area contributed by atoms with Gasteiger partial charge in [-0.25, -0.2) is 0 Å². The third-order valence-electron chi connectivity index (χ3n) is 9.05. The first-order valence-electron chi connectivity index (χ1n) is 17.1. The van der Waals surface area contributed by atoms with Crippen molar-refractivity contribution in [3.05, 3.63) is 140 Å². The molecule has 0 spiro atoms. The van der Waals surface area contributed by atoms with Gasteiger partial charge in [0.15, 0.2) is 0 Å². The molecule has 0 saturated heterocycles. The third kappa shape index (κ3) is 7.98. The molecule has 8 heteroatoms. The van der Waals surface area contributed by atoms with Crippen LogP contribution >= 0.6 is 0 Å². The first-order chi connectivity index (χ1) is 22.5. The van der Waals surface area contributed by atoms with E-state index >= 15 is 0 Å². The molecule has 0 amide bonds. The molecule has 0 fully saturated rings. The van der Waals surface area contributed by atoms with Crippen molar-refractivity contribution in [2.75, 3.05) is 0 Å². The second kappa shape index (κ2) is 13.7. The van der Waals surface area contributed by atoms with Crippen molar-refractivity contribution >= 4 is 22.7 Å². The molecule has 0 aliphatic carbocycles. The lowest BCUT2D eigenvalue weighted by Gasteiger charge is -2.40. The molecule has 0 bridgehead atoms. The minimum atomic E-state index is -0.931. The van der Waals surface area contributed by atoms with Gasteiger partial charge >= 0.3 is 0 Å². The van der Waals surface area contributed by atoms with Crippen LogP contribution in [0.3, 0.4) is 0 Å². The van der Waals surface area contributed by atoms with Crippen LogP contribution in [0.4, 0.5) is 22.7 Å². The molecule has 0 heterocycles. The van der Waals surface area contributed by atoms with Crippen LogP contribution in [0.2, 0.25) is 0 Å².